The van der Waals surface area contributed by atoms with Crippen molar-refractivity contribution >= 4 is 18.0 Å². The van der Waals surface area contributed by atoms with Gasteiger partial charge in [0.25, 0.3) is 5.91 Å². The van der Waals surface area contributed by atoms with Crippen LogP contribution in [0, 0.1) is 0 Å². The van der Waals surface area contributed by atoms with Gasteiger partial charge in [0.15, 0.2) is 0 Å². The van der Waals surface area contributed by atoms with Crippen molar-refractivity contribution in [2.75, 3.05) is 13.7 Å². The first-order valence-electron chi connectivity index (χ1n) is 11.3. The molecular formula is C26H24N4O5. The molecule has 0 atom stereocenters. The van der Waals surface area contributed by atoms with Gasteiger partial charge in [0, 0.05) is 25.4 Å². The Labute approximate surface area is 201 Å². The number of carbonyl (C=O) groups is 3. The number of aromatic nitrogens is 2. The molecule has 0 spiro atoms. The molecule has 2 N–H and O–H groups in total. The number of ether oxygens (including phenoxy) is 1. The number of amides is 2. The summed E-state index contributed by atoms with van der Waals surface area (Å²) in [6, 6.07) is 16.2. The number of rotatable bonds is 7. The van der Waals surface area contributed by atoms with Crippen LogP contribution in [0.2, 0.25) is 0 Å². The van der Waals surface area contributed by atoms with Gasteiger partial charge < -0.3 is 20.1 Å². The van der Waals surface area contributed by atoms with Crippen molar-refractivity contribution in [1.29, 1.82) is 0 Å². The third-order valence-corrected chi connectivity index (χ3v) is 6.76. The zero-order chi connectivity index (χ0) is 24.6. The molecule has 2 aliphatic carbocycles. The van der Waals surface area contributed by atoms with Crippen LogP contribution >= 0.6 is 0 Å². The molecule has 1 saturated carbocycles. The molecule has 1 fully saturated rings. The molecule has 9 nitrogen and oxygen atoms in total. The molecule has 178 valence electrons. The highest BCUT2D eigenvalue weighted by molar-refractivity contribution is 5.98. The van der Waals surface area contributed by atoms with Crippen LogP contribution in [0.25, 0.3) is 11.1 Å². The Kier molecular flexibility index (Phi) is 5.68. The average Bonchev–Trinajstić information content (AvgIpc) is 3.64. The van der Waals surface area contributed by atoms with Crippen molar-refractivity contribution in [3.8, 4) is 11.1 Å². The van der Waals surface area contributed by atoms with E-state index in [-0.39, 0.29) is 24.6 Å². The maximum absolute atomic E-state index is 12.6. The van der Waals surface area contributed by atoms with Crippen LogP contribution in [0.15, 0.2) is 60.9 Å². The lowest BCUT2D eigenvalue weighted by Crippen LogP contribution is -2.44. The number of likely N-dealkylation sites (N-methyl/N-ethyl adjacent to an activating group) is 1. The predicted octanol–water partition coefficient (Wildman–Crippen LogP) is 3.20. The monoisotopic (exact) mass is 472 g/mol. The van der Waals surface area contributed by atoms with Crippen molar-refractivity contribution < 1.29 is 24.2 Å². The summed E-state index contributed by atoms with van der Waals surface area (Å²) in [5, 5.41) is 12.0. The number of carboxylic acids is 1. The van der Waals surface area contributed by atoms with Crippen molar-refractivity contribution in [2.45, 2.75) is 30.8 Å². The normalized spacial score (nSPS) is 15.0. The number of benzene rings is 2. The summed E-state index contributed by atoms with van der Waals surface area (Å²) in [5.41, 5.74) is 3.62. The standard InChI is InChI=1S/C26H24N4O5/c1-30(26(10-11-26)24(32)33)23(31)16-12-27-22(28-13-16)14-29-25(34)35-15-21-19-8-4-2-6-17(19)18-7-3-5-9-20(18)21/h2-9,12-13,21H,10-11,14-15H2,1H3,(H,29,34)(H,32,33). The van der Waals surface area contributed by atoms with Gasteiger partial charge in [0.2, 0.25) is 0 Å². The molecule has 2 amide bonds. The summed E-state index contributed by atoms with van der Waals surface area (Å²) >= 11 is 0. The molecular weight excluding hydrogens is 448 g/mol. The summed E-state index contributed by atoms with van der Waals surface area (Å²) in [6.45, 7) is 0.228. The molecule has 0 saturated heterocycles. The number of carboxylic acid groups (broad SMARTS) is 1. The highest BCUT2D eigenvalue weighted by Crippen LogP contribution is 2.44. The fraction of sp³-hybridized carbons (Fsp3) is 0.269. The van der Waals surface area contributed by atoms with E-state index in [1.54, 1.807) is 0 Å². The Bertz CT molecular complexity index is 1260. The lowest BCUT2D eigenvalue weighted by Gasteiger charge is -2.24. The zero-order valence-corrected chi connectivity index (χ0v) is 19.1. The Morgan fingerprint density at radius 3 is 2.14 bits per heavy atom. The first-order valence-corrected chi connectivity index (χ1v) is 11.3. The molecule has 0 aliphatic heterocycles. The molecule has 1 aromatic heterocycles. The number of alkyl carbamates (subject to hydrolysis) is 1. The van der Waals surface area contributed by atoms with Gasteiger partial charge in [-0.3, -0.25) is 4.79 Å². The molecule has 35 heavy (non-hydrogen) atoms. The third-order valence-electron chi connectivity index (χ3n) is 6.76. The number of nitrogens with one attached hydrogen (secondary N) is 1. The minimum atomic E-state index is -1.14. The second kappa shape index (κ2) is 8.83. The van der Waals surface area contributed by atoms with E-state index in [0.29, 0.717) is 18.7 Å². The largest absolute Gasteiger partial charge is 0.479 e. The fourth-order valence-electron chi connectivity index (χ4n) is 4.56. The van der Waals surface area contributed by atoms with Gasteiger partial charge in [-0.05, 0) is 35.1 Å². The van der Waals surface area contributed by atoms with E-state index in [1.165, 1.54) is 24.3 Å². The summed E-state index contributed by atoms with van der Waals surface area (Å²) in [6.07, 6.45) is 2.92. The number of hydrogen-bond acceptors (Lipinski definition) is 6. The predicted molar refractivity (Wildman–Crippen MR) is 126 cm³/mol. The van der Waals surface area contributed by atoms with E-state index in [0.717, 1.165) is 22.3 Å². The first-order chi connectivity index (χ1) is 16.9. The Morgan fingerprint density at radius 2 is 1.60 bits per heavy atom. The fourth-order valence-corrected chi connectivity index (χ4v) is 4.56. The van der Waals surface area contributed by atoms with Gasteiger partial charge in [0.05, 0.1) is 12.1 Å². The van der Waals surface area contributed by atoms with Crippen molar-refractivity contribution in [3.63, 3.8) is 0 Å². The van der Waals surface area contributed by atoms with Crippen LogP contribution in [0.3, 0.4) is 0 Å². The van der Waals surface area contributed by atoms with Crippen LogP contribution in [0.4, 0.5) is 4.79 Å². The topological polar surface area (TPSA) is 122 Å². The molecule has 9 heteroatoms. The Balaban J connectivity index is 1.16. The molecule has 5 rings (SSSR count). The van der Waals surface area contributed by atoms with Gasteiger partial charge in [-0.2, -0.15) is 0 Å². The number of nitrogens with zero attached hydrogens (tertiary/aromatic N) is 3. The lowest BCUT2D eigenvalue weighted by atomic mass is 9.98. The highest BCUT2D eigenvalue weighted by atomic mass is 16.5. The van der Waals surface area contributed by atoms with Crippen LogP contribution in [-0.2, 0) is 16.1 Å². The molecule has 3 aromatic rings. The average molecular weight is 473 g/mol. The Morgan fingerprint density at radius 1 is 1.03 bits per heavy atom. The maximum Gasteiger partial charge on any atom is 0.407 e. The van der Waals surface area contributed by atoms with Crippen LogP contribution in [0.5, 0.6) is 0 Å². The van der Waals surface area contributed by atoms with Gasteiger partial charge in [-0.1, -0.05) is 48.5 Å². The summed E-state index contributed by atoms with van der Waals surface area (Å²) in [5.74, 6) is -1.21. The molecule has 0 unspecified atom stereocenters. The maximum atomic E-state index is 12.6. The zero-order valence-electron chi connectivity index (χ0n) is 19.1. The van der Waals surface area contributed by atoms with Crippen molar-refractivity contribution in [3.05, 3.63) is 83.4 Å². The smallest absolute Gasteiger partial charge is 0.407 e. The molecule has 0 radical (unpaired) electrons. The second-order valence-corrected chi connectivity index (χ2v) is 8.77. The van der Waals surface area contributed by atoms with Gasteiger partial charge in [-0.15, -0.1) is 0 Å². The Hall–Kier alpha value is -4.27. The van der Waals surface area contributed by atoms with E-state index in [2.05, 4.69) is 39.6 Å². The molecule has 0 bridgehead atoms. The van der Waals surface area contributed by atoms with Crippen LogP contribution < -0.4 is 5.32 Å². The first kappa shape index (κ1) is 22.5. The summed E-state index contributed by atoms with van der Waals surface area (Å²) in [7, 11) is 1.47. The SMILES string of the molecule is CN(C(=O)c1cnc(CNC(=O)OCC2c3ccccc3-c3ccccc32)nc1)C1(C(=O)O)CC1. The van der Waals surface area contributed by atoms with E-state index in [1.807, 2.05) is 24.3 Å². The number of hydrogen-bond donors (Lipinski definition) is 2. The van der Waals surface area contributed by atoms with Gasteiger partial charge in [-0.25, -0.2) is 19.6 Å². The van der Waals surface area contributed by atoms with Crippen LogP contribution in [0.1, 0.15) is 46.1 Å². The number of carbonyl (C=O) groups excluding carboxylic acids is 2. The van der Waals surface area contributed by atoms with Crippen molar-refractivity contribution in [1.82, 2.24) is 20.2 Å². The van der Waals surface area contributed by atoms with Crippen LogP contribution in [-0.4, -0.2) is 57.1 Å². The second-order valence-electron chi connectivity index (χ2n) is 8.77. The molecule has 2 aromatic carbocycles. The third kappa shape index (κ3) is 4.09. The summed E-state index contributed by atoms with van der Waals surface area (Å²) < 4.78 is 5.50. The highest BCUT2D eigenvalue weighted by Gasteiger charge is 2.55. The van der Waals surface area contributed by atoms with Crippen molar-refractivity contribution in [2.24, 2.45) is 0 Å². The summed E-state index contributed by atoms with van der Waals surface area (Å²) in [4.78, 5) is 45.8. The quantitative estimate of drug-likeness (QED) is 0.541. The minimum Gasteiger partial charge on any atom is -0.479 e. The minimum absolute atomic E-state index is 0.0278. The van der Waals surface area contributed by atoms with E-state index < -0.39 is 23.5 Å². The number of aliphatic carboxylic acids is 1. The molecule has 2 aliphatic rings. The van der Waals surface area contributed by atoms with E-state index in [9.17, 15) is 19.5 Å². The number of fused-ring (bicyclic) bond motifs is 3. The lowest BCUT2D eigenvalue weighted by molar-refractivity contribution is -0.143. The van der Waals surface area contributed by atoms with E-state index in [4.69, 9.17) is 4.74 Å². The van der Waals surface area contributed by atoms with Gasteiger partial charge >= 0.3 is 12.1 Å². The van der Waals surface area contributed by atoms with Gasteiger partial charge in [0.1, 0.15) is 18.0 Å². The van der Waals surface area contributed by atoms with E-state index >= 15 is 0 Å². The molecule has 1 heterocycles.